The molecule has 0 radical (unpaired) electrons. The van der Waals surface area contributed by atoms with Crippen LogP contribution in [-0.4, -0.2) is 19.3 Å². The summed E-state index contributed by atoms with van der Waals surface area (Å²) in [7, 11) is 0.00810. The van der Waals surface area contributed by atoms with Crippen molar-refractivity contribution in [1.82, 2.24) is 0 Å². The Labute approximate surface area is 69.4 Å². The second-order valence-electron chi connectivity index (χ2n) is 3.74. The normalized spacial score (nSPS) is 33.0. The summed E-state index contributed by atoms with van der Waals surface area (Å²) in [6.45, 7) is 8.45. The maximum Gasteiger partial charge on any atom is 0.460 e. The monoisotopic (exact) mass is 156 g/mol. The molecular formula is C8H17BO2. The maximum atomic E-state index is 5.60. The molecule has 1 fully saturated rings. The van der Waals surface area contributed by atoms with Crippen molar-refractivity contribution in [3.8, 4) is 0 Å². The molecule has 2 atom stereocenters. The molecule has 1 rings (SSSR count). The zero-order valence-corrected chi connectivity index (χ0v) is 7.83. The van der Waals surface area contributed by atoms with Crippen LogP contribution in [0.25, 0.3) is 0 Å². The van der Waals surface area contributed by atoms with Gasteiger partial charge >= 0.3 is 7.12 Å². The molecule has 0 amide bonds. The molecule has 0 aromatic rings. The topological polar surface area (TPSA) is 18.5 Å². The van der Waals surface area contributed by atoms with E-state index < -0.39 is 0 Å². The average Bonchev–Trinajstić information content (AvgIpc) is 1.85. The number of rotatable bonds is 1. The van der Waals surface area contributed by atoms with Crippen molar-refractivity contribution >= 4 is 7.12 Å². The predicted octanol–water partition coefficient (Wildman–Crippen LogP) is 2.10. The van der Waals surface area contributed by atoms with Crippen molar-refractivity contribution in [3.63, 3.8) is 0 Å². The van der Waals surface area contributed by atoms with Crippen LogP contribution in [-0.2, 0) is 9.31 Å². The maximum absolute atomic E-state index is 5.60. The highest BCUT2D eigenvalue weighted by Crippen LogP contribution is 2.22. The molecular weight excluding hydrogens is 139 g/mol. The molecule has 3 heteroatoms. The van der Waals surface area contributed by atoms with Crippen molar-refractivity contribution in [2.24, 2.45) is 0 Å². The Morgan fingerprint density at radius 3 is 2.00 bits per heavy atom. The fourth-order valence-corrected chi connectivity index (χ4v) is 1.38. The lowest BCUT2D eigenvalue weighted by molar-refractivity contribution is 0.0298. The van der Waals surface area contributed by atoms with Gasteiger partial charge in [-0.3, -0.25) is 0 Å². The molecule has 0 aliphatic carbocycles. The third-order valence-electron chi connectivity index (χ3n) is 1.94. The lowest BCUT2D eigenvalue weighted by Crippen LogP contribution is -2.40. The molecule has 0 saturated carbocycles. The van der Waals surface area contributed by atoms with Gasteiger partial charge in [-0.25, -0.2) is 0 Å². The molecule has 1 saturated heterocycles. The minimum Gasteiger partial charge on any atom is -0.408 e. The third-order valence-corrected chi connectivity index (χ3v) is 1.94. The first kappa shape index (κ1) is 9.08. The highest BCUT2D eigenvalue weighted by Gasteiger charge is 2.32. The molecule has 64 valence electrons. The van der Waals surface area contributed by atoms with Crippen LogP contribution in [0.5, 0.6) is 0 Å². The van der Waals surface area contributed by atoms with Gasteiger partial charge in [0, 0.05) is 12.2 Å². The van der Waals surface area contributed by atoms with Crippen LogP contribution in [0.3, 0.4) is 0 Å². The van der Waals surface area contributed by atoms with Crippen LogP contribution in [0.15, 0.2) is 0 Å². The first-order valence-electron chi connectivity index (χ1n) is 4.40. The van der Waals surface area contributed by atoms with Crippen LogP contribution in [0, 0.1) is 0 Å². The van der Waals surface area contributed by atoms with Gasteiger partial charge < -0.3 is 9.31 Å². The lowest BCUT2D eigenvalue weighted by atomic mass is 9.72. The Hall–Kier alpha value is -0.0151. The SMILES string of the molecule is CC(C)B1O[C@H](C)C[C@@H](C)O1. The molecule has 0 aromatic carbocycles. The summed E-state index contributed by atoms with van der Waals surface area (Å²) in [5.74, 6) is 0.459. The molecule has 1 aliphatic heterocycles. The van der Waals surface area contributed by atoms with Gasteiger partial charge in [-0.05, 0) is 26.1 Å². The summed E-state index contributed by atoms with van der Waals surface area (Å²) in [5, 5.41) is 0. The van der Waals surface area contributed by atoms with E-state index in [1.807, 2.05) is 0 Å². The summed E-state index contributed by atoms with van der Waals surface area (Å²) < 4.78 is 11.2. The van der Waals surface area contributed by atoms with Gasteiger partial charge in [0.25, 0.3) is 0 Å². The number of hydrogen-bond donors (Lipinski definition) is 0. The van der Waals surface area contributed by atoms with E-state index in [-0.39, 0.29) is 7.12 Å². The van der Waals surface area contributed by atoms with Gasteiger partial charge in [0.2, 0.25) is 0 Å². The van der Waals surface area contributed by atoms with Gasteiger partial charge in [-0.15, -0.1) is 0 Å². The van der Waals surface area contributed by atoms with E-state index >= 15 is 0 Å². The van der Waals surface area contributed by atoms with Crippen LogP contribution < -0.4 is 0 Å². The van der Waals surface area contributed by atoms with E-state index in [9.17, 15) is 0 Å². The molecule has 1 aliphatic rings. The molecule has 0 unspecified atom stereocenters. The zero-order chi connectivity index (χ0) is 8.43. The quantitative estimate of drug-likeness (QED) is 0.541. The van der Waals surface area contributed by atoms with E-state index in [2.05, 4.69) is 27.7 Å². The Kier molecular flexibility index (Phi) is 2.96. The van der Waals surface area contributed by atoms with Gasteiger partial charge in [0.1, 0.15) is 0 Å². The molecule has 0 aromatic heterocycles. The Morgan fingerprint density at radius 1 is 1.18 bits per heavy atom. The largest absolute Gasteiger partial charge is 0.460 e. The van der Waals surface area contributed by atoms with Crippen LogP contribution in [0.2, 0.25) is 5.82 Å². The standard InChI is InChI=1S/C8H17BO2/c1-6(2)9-10-7(3)5-8(4)11-9/h6-8H,5H2,1-4H3/t7-,8-/m1/s1. The van der Waals surface area contributed by atoms with Crippen LogP contribution >= 0.6 is 0 Å². The second kappa shape index (κ2) is 3.59. The first-order valence-corrected chi connectivity index (χ1v) is 4.40. The fourth-order valence-electron chi connectivity index (χ4n) is 1.38. The van der Waals surface area contributed by atoms with E-state index in [0.717, 1.165) is 6.42 Å². The summed E-state index contributed by atoms with van der Waals surface area (Å²) in [6, 6.07) is 0. The summed E-state index contributed by atoms with van der Waals surface area (Å²) >= 11 is 0. The zero-order valence-electron chi connectivity index (χ0n) is 7.83. The molecule has 11 heavy (non-hydrogen) atoms. The highest BCUT2D eigenvalue weighted by atomic mass is 16.6. The predicted molar refractivity (Wildman–Crippen MR) is 46.6 cm³/mol. The number of hydrogen-bond acceptors (Lipinski definition) is 2. The molecule has 1 heterocycles. The smallest absolute Gasteiger partial charge is 0.408 e. The molecule has 2 nitrogen and oxygen atoms in total. The highest BCUT2D eigenvalue weighted by molar-refractivity contribution is 6.46. The third kappa shape index (κ3) is 2.49. The van der Waals surface area contributed by atoms with Crippen molar-refractivity contribution in [3.05, 3.63) is 0 Å². The molecule has 0 bridgehead atoms. The van der Waals surface area contributed by atoms with E-state index in [4.69, 9.17) is 9.31 Å². The van der Waals surface area contributed by atoms with E-state index in [1.165, 1.54) is 0 Å². The molecule has 0 N–H and O–H groups in total. The minimum absolute atomic E-state index is 0.00810. The van der Waals surface area contributed by atoms with Crippen molar-refractivity contribution in [1.29, 1.82) is 0 Å². The summed E-state index contributed by atoms with van der Waals surface area (Å²) in [5.41, 5.74) is 0. The van der Waals surface area contributed by atoms with Gasteiger partial charge in [0.05, 0.1) is 0 Å². The Morgan fingerprint density at radius 2 is 1.64 bits per heavy atom. The first-order chi connectivity index (χ1) is 5.09. The van der Waals surface area contributed by atoms with E-state index in [0.29, 0.717) is 18.0 Å². The molecule has 0 spiro atoms. The van der Waals surface area contributed by atoms with Gasteiger partial charge in [-0.1, -0.05) is 13.8 Å². The van der Waals surface area contributed by atoms with Crippen molar-refractivity contribution in [2.45, 2.75) is 52.1 Å². The van der Waals surface area contributed by atoms with E-state index in [1.54, 1.807) is 0 Å². The Bertz CT molecular complexity index is 117. The second-order valence-corrected chi connectivity index (χ2v) is 3.74. The summed E-state index contributed by atoms with van der Waals surface area (Å²) in [4.78, 5) is 0. The minimum atomic E-state index is 0.00810. The van der Waals surface area contributed by atoms with Crippen LogP contribution in [0.4, 0.5) is 0 Å². The lowest BCUT2D eigenvalue weighted by Gasteiger charge is -2.32. The van der Waals surface area contributed by atoms with Crippen LogP contribution in [0.1, 0.15) is 34.1 Å². The Balaban J connectivity index is 2.43. The van der Waals surface area contributed by atoms with Gasteiger partial charge in [0.15, 0.2) is 0 Å². The summed E-state index contributed by atoms with van der Waals surface area (Å²) in [6.07, 6.45) is 1.72. The average molecular weight is 156 g/mol. The fraction of sp³-hybridized carbons (Fsp3) is 1.00. The van der Waals surface area contributed by atoms with Gasteiger partial charge in [-0.2, -0.15) is 0 Å². The van der Waals surface area contributed by atoms with Crippen molar-refractivity contribution < 1.29 is 9.31 Å². The van der Waals surface area contributed by atoms with Crippen molar-refractivity contribution in [2.75, 3.05) is 0 Å².